The van der Waals surface area contributed by atoms with Crippen molar-refractivity contribution in [1.29, 1.82) is 0 Å². The van der Waals surface area contributed by atoms with E-state index >= 15 is 0 Å². The Balaban J connectivity index is 2.04. The summed E-state index contributed by atoms with van der Waals surface area (Å²) in [7, 11) is 0. The van der Waals surface area contributed by atoms with Crippen molar-refractivity contribution in [3.63, 3.8) is 0 Å². The van der Waals surface area contributed by atoms with E-state index in [0.29, 0.717) is 11.7 Å². The fourth-order valence-corrected chi connectivity index (χ4v) is 1.80. The molecule has 0 aliphatic rings. The van der Waals surface area contributed by atoms with Crippen molar-refractivity contribution in [2.24, 2.45) is 0 Å². The van der Waals surface area contributed by atoms with Crippen LogP contribution in [-0.2, 0) is 11.2 Å². The van der Waals surface area contributed by atoms with Gasteiger partial charge in [-0.25, -0.2) is 0 Å². The third kappa shape index (κ3) is 1.79. The molecule has 0 bridgehead atoms. The normalized spacial score (nSPS) is 10.9. The number of ketones is 1. The number of aromatic nitrogens is 2. The van der Waals surface area contributed by atoms with Gasteiger partial charge in [0, 0.05) is 5.39 Å². The molecule has 0 unspecified atom stereocenters. The second-order valence-corrected chi connectivity index (χ2v) is 4.04. The minimum Gasteiger partial charge on any atom is -0.464 e. The van der Waals surface area contributed by atoms with Crippen LogP contribution < -0.4 is 0 Å². The van der Waals surface area contributed by atoms with Crippen molar-refractivity contribution in [1.82, 2.24) is 10.1 Å². The van der Waals surface area contributed by atoms with Gasteiger partial charge < -0.3 is 8.94 Å². The second kappa shape index (κ2) is 4.10. The summed E-state index contributed by atoms with van der Waals surface area (Å²) in [5.41, 5.74) is 1.54. The van der Waals surface area contributed by atoms with Crippen LogP contribution in [0.4, 0.5) is 0 Å². The van der Waals surface area contributed by atoms with Gasteiger partial charge in [0.25, 0.3) is 0 Å². The minimum absolute atomic E-state index is 0.0118. The standard InChI is InChI=1S/C13H10N2O3/c1-8(16)6-12-14-13(15-18-12)10-7-17-11-5-3-2-4-9(10)11/h2-5,7H,6H2,1H3. The van der Waals surface area contributed by atoms with Crippen LogP contribution in [0.5, 0.6) is 0 Å². The Labute approximate surface area is 102 Å². The molecular weight excluding hydrogens is 232 g/mol. The van der Waals surface area contributed by atoms with Gasteiger partial charge in [0.2, 0.25) is 11.7 Å². The number of hydrogen-bond donors (Lipinski definition) is 0. The quantitative estimate of drug-likeness (QED) is 0.706. The van der Waals surface area contributed by atoms with E-state index in [0.717, 1.165) is 16.5 Å². The van der Waals surface area contributed by atoms with Crippen LogP contribution in [0.1, 0.15) is 12.8 Å². The van der Waals surface area contributed by atoms with Gasteiger partial charge in [-0.3, -0.25) is 4.79 Å². The predicted octanol–water partition coefficient (Wildman–Crippen LogP) is 2.61. The van der Waals surface area contributed by atoms with Crippen molar-refractivity contribution in [2.45, 2.75) is 13.3 Å². The number of fused-ring (bicyclic) bond motifs is 1. The van der Waals surface area contributed by atoms with E-state index in [1.807, 2.05) is 24.3 Å². The number of benzene rings is 1. The number of carbonyl (C=O) groups excluding carboxylic acids is 1. The predicted molar refractivity (Wildman–Crippen MR) is 63.9 cm³/mol. The fourth-order valence-electron chi connectivity index (χ4n) is 1.80. The molecular formula is C13H10N2O3. The van der Waals surface area contributed by atoms with E-state index < -0.39 is 0 Å². The Morgan fingerprint density at radius 2 is 2.17 bits per heavy atom. The summed E-state index contributed by atoms with van der Waals surface area (Å²) in [6.45, 7) is 1.48. The summed E-state index contributed by atoms with van der Waals surface area (Å²) in [5, 5.41) is 4.79. The number of carbonyl (C=O) groups is 1. The van der Waals surface area contributed by atoms with Gasteiger partial charge in [0.1, 0.15) is 17.6 Å². The summed E-state index contributed by atoms with van der Waals surface area (Å²) in [6, 6.07) is 7.61. The van der Waals surface area contributed by atoms with E-state index in [1.165, 1.54) is 6.92 Å². The zero-order chi connectivity index (χ0) is 12.5. The molecule has 0 saturated heterocycles. The van der Waals surface area contributed by atoms with Crippen molar-refractivity contribution in [3.8, 4) is 11.4 Å². The van der Waals surface area contributed by atoms with Gasteiger partial charge in [-0.15, -0.1) is 0 Å². The van der Waals surface area contributed by atoms with Gasteiger partial charge in [-0.2, -0.15) is 4.98 Å². The molecule has 1 aromatic carbocycles. The Hall–Kier alpha value is -2.43. The highest BCUT2D eigenvalue weighted by molar-refractivity contribution is 5.91. The molecule has 0 radical (unpaired) electrons. The molecule has 0 aliphatic heterocycles. The van der Waals surface area contributed by atoms with E-state index in [1.54, 1.807) is 6.26 Å². The van der Waals surface area contributed by atoms with Gasteiger partial charge >= 0.3 is 0 Å². The number of furan rings is 1. The maximum atomic E-state index is 11.0. The lowest BCUT2D eigenvalue weighted by Crippen LogP contribution is -1.95. The molecule has 0 fully saturated rings. The Bertz CT molecular complexity index is 712. The fraction of sp³-hybridized carbons (Fsp3) is 0.154. The van der Waals surface area contributed by atoms with Crippen molar-refractivity contribution in [2.75, 3.05) is 0 Å². The average molecular weight is 242 g/mol. The third-order valence-corrected chi connectivity index (χ3v) is 2.59. The zero-order valence-corrected chi connectivity index (χ0v) is 9.71. The molecule has 0 amide bonds. The van der Waals surface area contributed by atoms with Gasteiger partial charge in [0.05, 0.1) is 12.0 Å². The Morgan fingerprint density at radius 3 is 3.00 bits per heavy atom. The molecule has 3 rings (SSSR count). The number of hydrogen-bond acceptors (Lipinski definition) is 5. The highest BCUT2D eigenvalue weighted by Crippen LogP contribution is 2.28. The smallest absolute Gasteiger partial charge is 0.234 e. The number of nitrogens with zero attached hydrogens (tertiary/aromatic N) is 2. The average Bonchev–Trinajstić information content (AvgIpc) is 2.94. The first-order valence-electron chi connectivity index (χ1n) is 5.52. The minimum atomic E-state index is -0.0118. The van der Waals surface area contributed by atoms with Gasteiger partial charge in [0.15, 0.2) is 0 Å². The van der Waals surface area contributed by atoms with Crippen molar-refractivity contribution >= 4 is 16.8 Å². The summed E-state index contributed by atoms with van der Waals surface area (Å²) >= 11 is 0. The highest BCUT2D eigenvalue weighted by atomic mass is 16.5. The topological polar surface area (TPSA) is 69.1 Å². The largest absolute Gasteiger partial charge is 0.464 e. The van der Waals surface area contributed by atoms with Gasteiger partial charge in [-0.1, -0.05) is 23.4 Å². The van der Waals surface area contributed by atoms with Crippen LogP contribution in [-0.4, -0.2) is 15.9 Å². The summed E-state index contributed by atoms with van der Waals surface area (Å²) in [5.74, 6) is 0.751. The molecule has 0 N–H and O–H groups in total. The maximum Gasteiger partial charge on any atom is 0.234 e. The first-order valence-corrected chi connectivity index (χ1v) is 5.52. The first-order chi connectivity index (χ1) is 8.74. The lowest BCUT2D eigenvalue weighted by Gasteiger charge is -1.89. The van der Waals surface area contributed by atoms with Crippen LogP contribution in [0.2, 0.25) is 0 Å². The molecule has 2 aromatic heterocycles. The molecule has 0 spiro atoms. The maximum absolute atomic E-state index is 11.0. The summed E-state index contributed by atoms with van der Waals surface area (Å²) in [6.07, 6.45) is 1.75. The summed E-state index contributed by atoms with van der Waals surface area (Å²) < 4.78 is 10.4. The highest BCUT2D eigenvalue weighted by Gasteiger charge is 2.14. The molecule has 2 heterocycles. The van der Waals surface area contributed by atoms with E-state index in [-0.39, 0.29) is 12.2 Å². The number of para-hydroxylation sites is 1. The Kier molecular flexibility index (Phi) is 2.44. The molecule has 18 heavy (non-hydrogen) atoms. The van der Waals surface area contributed by atoms with Crippen LogP contribution in [0, 0.1) is 0 Å². The van der Waals surface area contributed by atoms with Gasteiger partial charge in [-0.05, 0) is 13.0 Å². The third-order valence-electron chi connectivity index (χ3n) is 2.59. The molecule has 3 aromatic rings. The van der Waals surface area contributed by atoms with E-state index in [9.17, 15) is 4.79 Å². The van der Waals surface area contributed by atoms with Crippen molar-refractivity contribution < 1.29 is 13.7 Å². The van der Waals surface area contributed by atoms with E-state index in [2.05, 4.69) is 10.1 Å². The first kappa shape index (κ1) is 10.7. The Morgan fingerprint density at radius 1 is 1.33 bits per heavy atom. The lowest BCUT2D eigenvalue weighted by molar-refractivity contribution is -0.116. The van der Waals surface area contributed by atoms with E-state index in [4.69, 9.17) is 8.94 Å². The molecule has 90 valence electrons. The molecule has 0 atom stereocenters. The van der Waals surface area contributed by atoms with Crippen molar-refractivity contribution in [3.05, 3.63) is 36.4 Å². The monoisotopic (exact) mass is 242 g/mol. The molecule has 5 heteroatoms. The lowest BCUT2D eigenvalue weighted by atomic mass is 10.2. The number of rotatable bonds is 3. The van der Waals surface area contributed by atoms with Crippen LogP contribution >= 0.6 is 0 Å². The van der Waals surface area contributed by atoms with Crippen LogP contribution in [0.3, 0.4) is 0 Å². The summed E-state index contributed by atoms with van der Waals surface area (Å²) in [4.78, 5) is 15.2. The number of Topliss-reactive ketones (excluding diaryl/α,β-unsaturated/α-hetero) is 1. The zero-order valence-electron chi connectivity index (χ0n) is 9.71. The van der Waals surface area contributed by atoms with Crippen LogP contribution in [0.15, 0.2) is 39.5 Å². The molecule has 0 aliphatic carbocycles. The van der Waals surface area contributed by atoms with Crippen LogP contribution in [0.25, 0.3) is 22.4 Å². The molecule has 0 saturated carbocycles. The SMILES string of the molecule is CC(=O)Cc1nc(-c2coc3ccccc23)no1. The molecule has 5 nitrogen and oxygen atoms in total. The second-order valence-electron chi connectivity index (χ2n) is 4.04.